The summed E-state index contributed by atoms with van der Waals surface area (Å²) in [5.74, 6) is -4.38. The van der Waals surface area contributed by atoms with Gasteiger partial charge in [-0.05, 0) is 50.1 Å². The van der Waals surface area contributed by atoms with Gasteiger partial charge in [-0.15, -0.1) is 11.8 Å². The number of thioether (sulfide) groups is 1. The lowest BCUT2D eigenvalue weighted by atomic mass is 9.99. The summed E-state index contributed by atoms with van der Waals surface area (Å²) in [4.78, 5) is 22.5. The van der Waals surface area contributed by atoms with Gasteiger partial charge in [0.05, 0.1) is 34.4 Å². The minimum atomic E-state index is -5.80. The molecule has 35 heavy (non-hydrogen) atoms. The van der Waals surface area contributed by atoms with Crippen LogP contribution in [0.3, 0.4) is 0 Å². The molecule has 6 nitrogen and oxygen atoms in total. The van der Waals surface area contributed by atoms with Crippen molar-refractivity contribution < 1.29 is 22.0 Å². The monoisotopic (exact) mass is 511 g/mol. The van der Waals surface area contributed by atoms with Crippen LogP contribution >= 0.6 is 11.8 Å². The van der Waals surface area contributed by atoms with Crippen molar-refractivity contribution in [3.63, 3.8) is 0 Å². The van der Waals surface area contributed by atoms with Gasteiger partial charge in [0.1, 0.15) is 12.2 Å². The van der Waals surface area contributed by atoms with E-state index in [2.05, 4.69) is 16.0 Å². The summed E-state index contributed by atoms with van der Waals surface area (Å²) in [5, 5.41) is 9.52. The predicted molar refractivity (Wildman–Crippen MR) is 122 cm³/mol. The number of nitrogens with zero attached hydrogens (tertiary/aromatic N) is 5. The van der Waals surface area contributed by atoms with Crippen LogP contribution in [-0.2, 0) is 12.0 Å². The van der Waals surface area contributed by atoms with Gasteiger partial charge in [0, 0.05) is 17.1 Å². The van der Waals surface area contributed by atoms with Gasteiger partial charge in [-0.1, -0.05) is 6.92 Å². The van der Waals surface area contributed by atoms with Gasteiger partial charge in [0.2, 0.25) is 0 Å². The highest BCUT2D eigenvalue weighted by Crippen LogP contribution is 2.48. The fraction of sp³-hybridized carbons (Fsp3) is 0.478. The molecule has 1 fully saturated rings. The SMILES string of the molecule is CCSc1cc(C2(C#N)CC2)cnc1-c1cc2c(cn1)n(CC(F)(F)C(F)(F)F)c(=O)n2C(C)C. The van der Waals surface area contributed by atoms with Crippen molar-refractivity contribution in [1.29, 1.82) is 5.26 Å². The molecule has 1 saturated carbocycles. The molecule has 1 aliphatic carbocycles. The lowest BCUT2D eigenvalue weighted by Crippen LogP contribution is -2.43. The molecule has 12 heteroatoms. The van der Waals surface area contributed by atoms with E-state index >= 15 is 0 Å². The van der Waals surface area contributed by atoms with Crippen molar-refractivity contribution in [2.45, 2.75) is 68.6 Å². The number of nitriles is 1. The molecule has 4 rings (SSSR count). The van der Waals surface area contributed by atoms with Crippen LogP contribution in [0.1, 0.15) is 45.2 Å². The van der Waals surface area contributed by atoms with Crippen molar-refractivity contribution in [1.82, 2.24) is 19.1 Å². The molecule has 0 bridgehead atoms. The summed E-state index contributed by atoms with van der Waals surface area (Å²) in [6.07, 6.45) is -1.55. The molecular formula is C23H22F5N5OS. The standard InChI is InChI=1S/C23H22F5N5OS/c1-4-35-18-7-14(21(11-29)5-6-21)9-31-19(18)15-8-16-17(10-30-15)32(20(34)33(16)13(2)3)12-22(24,25)23(26,27)28/h7-10,13H,4-6,12H2,1-3H3. The summed E-state index contributed by atoms with van der Waals surface area (Å²) in [7, 11) is 0. The Bertz CT molecular complexity index is 1380. The summed E-state index contributed by atoms with van der Waals surface area (Å²) >= 11 is 1.49. The van der Waals surface area contributed by atoms with E-state index in [1.807, 2.05) is 13.0 Å². The van der Waals surface area contributed by atoms with Gasteiger partial charge in [0.15, 0.2) is 0 Å². The Morgan fingerprint density at radius 3 is 2.37 bits per heavy atom. The fourth-order valence-corrected chi connectivity index (χ4v) is 4.81. The third kappa shape index (κ3) is 4.30. The van der Waals surface area contributed by atoms with Crippen LogP contribution in [0.25, 0.3) is 22.4 Å². The Balaban J connectivity index is 1.87. The van der Waals surface area contributed by atoms with Gasteiger partial charge in [0.25, 0.3) is 0 Å². The van der Waals surface area contributed by atoms with Crippen LogP contribution in [-0.4, -0.2) is 37.0 Å². The number of alkyl halides is 5. The molecule has 3 heterocycles. The highest BCUT2D eigenvalue weighted by atomic mass is 32.2. The van der Waals surface area contributed by atoms with Crippen LogP contribution in [0.4, 0.5) is 22.0 Å². The quantitative estimate of drug-likeness (QED) is 0.300. The highest BCUT2D eigenvalue weighted by molar-refractivity contribution is 7.99. The average molecular weight is 512 g/mol. The fourth-order valence-electron chi connectivity index (χ4n) is 4.00. The molecule has 0 spiro atoms. The molecule has 0 unspecified atom stereocenters. The smallest absolute Gasteiger partial charge is 0.289 e. The largest absolute Gasteiger partial charge is 0.455 e. The zero-order chi connectivity index (χ0) is 25.8. The number of hydrogen-bond acceptors (Lipinski definition) is 5. The number of fused-ring (bicyclic) bond motifs is 1. The van der Waals surface area contributed by atoms with Gasteiger partial charge in [-0.3, -0.25) is 19.1 Å². The minimum Gasteiger partial charge on any atom is -0.289 e. The maximum atomic E-state index is 13.8. The Hall–Kier alpha value is -2.94. The first kappa shape index (κ1) is 25.2. The molecule has 0 aromatic carbocycles. The van der Waals surface area contributed by atoms with Crippen LogP contribution in [0, 0.1) is 11.3 Å². The first-order valence-electron chi connectivity index (χ1n) is 11.0. The van der Waals surface area contributed by atoms with Gasteiger partial charge in [-0.2, -0.15) is 27.2 Å². The molecule has 1 aliphatic rings. The Kier molecular flexibility index (Phi) is 6.20. The molecule has 0 atom stereocenters. The Morgan fingerprint density at radius 1 is 1.14 bits per heavy atom. The Labute approximate surface area is 201 Å². The lowest BCUT2D eigenvalue weighted by Gasteiger charge is -2.19. The molecule has 0 radical (unpaired) electrons. The maximum Gasteiger partial charge on any atom is 0.455 e. The van der Waals surface area contributed by atoms with Crippen molar-refractivity contribution in [2.24, 2.45) is 0 Å². The summed E-state index contributed by atoms with van der Waals surface area (Å²) < 4.78 is 67.8. The first-order valence-corrected chi connectivity index (χ1v) is 11.9. The van der Waals surface area contributed by atoms with E-state index in [0.717, 1.165) is 29.5 Å². The van der Waals surface area contributed by atoms with Gasteiger partial charge >= 0.3 is 17.8 Å². The Morgan fingerprint density at radius 2 is 1.83 bits per heavy atom. The van der Waals surface area contributed by atoms with Crippen molar-refractivity contribution in [3.05, 3.63) is 40.6 Å². The molecule has 0 amide bonds. The summed E-state index contributed by atoms with van der Waals surface area (Å²) in [5.41, 5.74) is 0.171. The first-order chi connectivity index (χ1) is 16.3. The van der Waals surface area contributed by atoms with Crippen LogP contribution in [0.5, 0.6) is 0 Å². The van der Waals surface area contributed by atoms with E-state index in [-0.39, 0.29) is 11.0 Å². The van der Waals surface area contributed by atoms with Crippen molar-refractivity contribution >= 4 is 22.8 Å². The summed E-state index contributed by atoms with van der Waals surface area (Å²) in [6.45, 7) is 3.38. The number of halogens is 5. The topological polar surface area (TPSA) is 76.5 Å². The van der Waals surface area contributed by atoms with E-state index in [1.165, 1.54) is 22.4 Å². The second-order valence-electron chi connectivity index (χ2n) is 8.79. The van der Waals surface area contributed by atoms with E-state index in [4.69, 9.17) is 0 Å². The summed E-state index contributed by atoms with van der Waals surface area (Å²) in [6, 6.07) is 5.20. The minimum absolute atomic E-state index is 0.126. The predicted octanol–water partition coefficient (Wildman–Crippen LogP) is 5.71. The van der Waals surface area contributed by atoms with E-state index in [0.29, 0.717) is 21.7 Å². The highest BCUT2D eigenvalue weighted by Gasteiger charge is 2.58. The maximum absolute atomic E-state index is 13.8. The normalized spacial score (nSPS) is 15.5. The second-order valence-corrected chi connectivity index (χ2v) is 10.1. The third-order valence-corrected chi connectivity index (χ3v) is 6.96. The number of hydrogen-bond donors (Lipinski definition) is 0. The lowest BCUT2D eigenvalue weighted by molar-refractivity contribution is -0.286. The molecule has 0 N–H and O–H groups in total. The average Bonchev–Trinajstić information content (AvgIpc) is 3.53. The van der Waals surface area contributed by atoms with Crippen molar-refractivity contribution in [3.8, 4) is 17.5 Å². The molecule has 0 saturated heterocycles. The molecule has 3 aromatic heterocycles. The molecule has 0 aliphatic heterocycles. The van der Waals surface area contributed by atoms with Crippen molar-refractivity contribution in [2.75, 3.05) is 5.75 Å². The molecule has 3 aromatic rings. The zero-order valence-corrected chi connectivity index (χ0v) is 20.0. The van der Waals surface area contributed by atoms with E-state index < -0.39 is 35.8 Å². The third-order valence-electron chi connectivity index (χ3n) is 6.05. The number of rotatable bonds is 7. The van der Waals surface area contributed by atoms with Crippen LogP contribution in [0.2, 0.25) is 0 Å². The number of imidazole rings is 1. The zero-order valence-electron chi connectivity index (χ0n) is 19.2. The number of aromatic nitrogens is 4. The van der Waals surface area contributed by atoms with E-state index in [1.54, 1.807) is 20.0 Å². The van der Waals surface area contributed by atoms with Gasteiger partial charge in [-0.25, -0.2) is 4.79 Å². The molecule has 186 valence electrons. The van der Waals surface area contributed by atoms with E-state index in [9.17, 15) is 32.0 Å². The second kappa shape index (κ2) is 8.62. The van der Waals surface area contributed by atoms with Crippen LogP contribution in [0.15, 0.2) is 34.2 Å². The van der Waals surface area contributed by atoms with Crippen LogP contribution < -0.4 is 5.69 Å². The molecular weight excluding hydrogens is 489 g/mol. The number of pyridine rings is 2. The van der Waals surface area contributed by atoms with Gasteiger partial charge < -0.3 is 0 Å².